The molecule has 0 heterocycles. The summed E-state index contributed by atoms with van der Waals surface area (Å²) in [5, 5.41) is 3.99. The fourth-order valence-electron chi connectivity index (χ4n) is 3.02. The second kappa shape index (κ2) is 10.7. The number of nitrogens with zero attached hydrogens (tertiary/aromatic N) is 3. The number of hydrazone groups is 1. The van der Waals surface area contributed by atoms with Crippen molar-refractivity contribution in [3.8, 4) is 0 Å². The standard InChI is InChI=1S/C25H26N4O2/c1-28(2)21-15-13-20(14-16-21)19-26-27-24(30)17-18-25(31)29(22-9-5-3-6-10-22)23-11-7-4-8-12-23/h3-16,19H,17-18H2,1-2H3,(H,27,30). The van der Waals surface area contributed by atoms with Gasteiger partial charge in [-0.15, -0.1) is 0 Å². The minimum absolute atomic E-state index is 0.0475. The van der Waals surface area contributed by atoms with Gasteiger partial charge in [-0.25, -0.2) is 5.43 Å². The molecule has 158 valence electrons. The summed E-state index contributed by atoms with van der Waals surface area (Å²) in [7, 11) is 3.95. The van der Waals surface area contributed by atoms with Gasteiger partial charge in [0.15, 0.2) is 0 Å². The Hall–Kier alpha value is -3.93. The summed E-state index contributed by atoms with van der Waals surface area (Å²) in [4.78, 5) is 28.7. The topological polar surface area (TPSA) is 65.0 Å². The van der Waals surface area contributed by atoms with Crippen molar-refractivity contribution < 1.29 is 9.59 Å². The van der Waals surface area contributed by atoms with Crippen LogP contribution in [0.15, 0.2) is 90.0 Å². The highest BCUT2D eigenvalue weighted by Crippen LogP contribution is 2.26. The number of benzene rings is 3. The van der Waals surface area contributed by atoms with Crippen LogP contribution in [0.4, 0.5) is 17.1 Å². The first-order chi connectivity index (χ1) is 15.0. The van der Waals surface area contributed by atoms with Crippen LogP contribution in [-0.2, 0) is 9.59 Å². The van der Waals surface area contributed by atoms with Gasteiger partial charge in [-0.05, 0) is 42.0 Å². The van der Waals surface area contributed by atoms with E-state index in [0.717, 1.165) is 22.6 Å². The molecule has 3 aromatic carbocycles. The number of anilines is 3. The Morgan fingerprint density at radius 3 is 1.84 bits per heavy atom. The van der Waals surface area contributed by atoms with E-state index in [4.69, 9.17) is 0 Å². The lowest BCUT2D eigenvalue weighted by atomic mass is 10.2. The van der Waals surface area contributed by atoms with Gasteiger partial charge < -0.3 is 4.90 Å². The molecule has 0 aliphatic rings. The van der Waals surface area contributed by atoms with E-state index in [1.807, 2.05) is 104 Å². The second-order valence-electron chi connectivity index (χ2n) is 7.18. The molecule has 31 heavy (non-hydrogen) atoms. The zero-order chi connectivity index (χ0) is 22.1. The minimum Gasteiger partial charge on any atom is -0.378 e. The molecule has 0 atom stereocenters. The average molecular weight is 415 g/mol. The van der Waals surface area contributed by atoms with Crippen LogP contribution >= 0.6 is 0 Å². The number of hydrogen-bond acceptors (Lipinski definition) is 4. The van der Waals surface area contributed by atoms with Crippen molar-refractivity contribution in [1.29, 1.82) is 0 Å². The zero-order valence-electron chi connectivity index (χ0n) is 17.7. The molecule has 0 aromatic heterocycles. The fraction of sp³-hybridized carbons (Fsp3) is 0.160. The molecule has 0 saturated carbocycles. The van der Waals surface area contributed by atoms with Gasteiger partial charge in [0.1, 0.15) is 0 Å². The van der Waals surface area contributed by atoms with Crippen molar-refractivity contribution in [2.45, 2.75) is 12.8 Å². The summed E-state index contributed by atoms with van der Waals surface area (Å²) in [6.07, 6.45) is 1.70. The van der Waals surface area contributed by atoms with E-state index < -0.39 is 0 Å². The van der Waals surface area contributed by atoms with Crippen LogP contribution in [0.1, 0.15) is 18.4 Å². The van der Waals surface area contributed by atoms with Crippen molar-refractivity contribution >= 4 is 35.1 Å². The maximum Gasteiger partial charge on any atom is 0.240 e. The molecular formula is C25H26N4O2. The highest BCUT2D eigenvalue weighted by Gasteiger charge is 2.18. The van der Waals surface area contributed by atoms with Crippen LogP contribution in [-0.4, -0.2) is 32.1 Å². The summed E-state index contributed by atoms with van der Waals surface area (Å²) in [5.41, 5.74) is 5.98. The molecular weight excluding hydrogens is 388 g/mol. The Morgan fingerprint density at radius 1 is 0.774 bits per heavy atom. The van der Waals surface area contributed by atoms with Gasteiger partial charge in [-0.3, -0.25) is 14.5 Å². The van der Waals surface area contributed by atoms with Crippen LogP contribution in [0.25, 0.3) is 0 Å². The van der Waals surface area contributed by atoms with E-state index in [9.17, 15) is 9.59 Å². The first-order valence-electron chi connectivity index (χ1n) is 10.1. The van der Waals surface area contributed by atoms with E-state index in [0.29, 0.717) is 0 Å². The molecule has 3 rings (SSSR count). The predicted octanol–water partition coefficient (Wildman–Crippen LogP) is 4.35. The largest absolute Gasteiger partial charge is 0.378 e. The van der Waals surface area contributed by atoms with Gasteiger partial charge in [0.25, 0.3) is 0 Å². The molecule has 0 spiro atoms. The first-order valence-corrected chi connectivity index (χ1v) is 10.1. The number of carbonyl (C=O) groups is 2. The summed E-state index contributed by atoms with van der Waals surface area (Å²) in [6, 6.07) is 26.6. The van der Waals surface area contributed by atoms with Crippen molar-refractivity contribution in [2.75, 3.05) is 23.9 Å². The molecule has 0 fully saturated rings. The quantitative estimate of drug-likeness (QED) is 0.440. The van der Waals surface area contributed by atoms with Crippen LogP contribution in [0, 0.1) is 0 Å². The maximum atomic E-state index is 12.9. The monoisotopic (exact) mass is 414 g/mol. The third kappa shape index (κ3) is 6.27. The van der Waals surface area contributed by atoms with Crippen LogP contribution in [0.2, 0.25) is 0 Å². The lowest BCUT2D eigenvalue weighted by molar-refractivity contribution is -0.124. The summed E-state index contributed by atoms with van der Waals surface area (Å²) >= 11 is 0. The Morgan fingerprint density at radius 2 is 1.32 bits per heavy atom. The van der Waals surface area contributed by atoms with Crippen LogP contribution < -0.4 is 15.2 Å². The molecule has 6 nitrogen and oxygen atoms in total. The lowest BCUT2D eigenvalue weighted by Crippen LogP contribution is -2.27. The van der Waals surface area contributed by atoms with E-state index in [-0.39, 0.29) is 24.7 Å². The SMILES string of the molecule is CN(C)c1ccc(C=NNC(=O)CCC(=O)N(c2ccccc2)c2ccccc2)cc1. The number of carbonyl (C=O) groups excluding carboxylic acids is 2. The Kier molecular flexibility index (Phi) is 7.54. The predicted molar refractivity (Wildman–Crippen MR) is 126 cm³/mol. The summed E-state index contributed by atoms with van der Waals surface area (Å²) < 4.78 is 0. The summed E-state index contributed by atoms with van der Waals surface area (Å²) in [6.45, 7) is 0. The highest BCUT2D eigenvalue weighted by molar-refractivity contribution is 6.01. The molecule has 0 radical (unpaired) electrons. The normalized spacial score (nSPS) is 10.6. The summed E-state index contributed by atoms with van der Waals surface area (Å²) in [5.74, 6) is -0.466. The van der Waals surface area contributed by atoms with Crippen molar-refractivity contribution in [3.05, 3.63) is 90.5 Å². The van der Waals surface area contributed by atoms with Gasteiger partial charge in [0.2, 0.25) is 11.8 Å². The molecule has 6 heteroatoms. The number of rotatable bonds is 8. The van der Waals surface area contributed by atoms with Gasteiger partial charge in [0.05, 0.1) is 6.21 Å². The van der Waals surface area contributed by atoms with E-state index in [2.05, 4.69) is 10.5 Å². The highest BCUT2D eigenvalue weighted by atomic mass is 16.2. The zero-order valence-corrected chi connectivity index (χ0v) is 17.7. The molecule has 0 bridgehead atoms. The molecule has 0 aliphatic heterocycles. The lowest BCUT2D eigenvalue weighted by Gasteiger charge is -2.23. The Labute approximate surface area is 182 Å². The van der Waals surface area contributed by atoms with Crippen LogP contribution in [0.3, 0.4) is 0 Å². The fourth-order valence-corrected chi connectivity index (χ4v) is 3.02. The molecule has 0 aliphatic carbocycles. The van der Waals surface area contributed by atoms with E-state index in [1.54, 1.807) is 11.1 Å². The third-order valence-corrected chi connectivity index (χ3v) is 4.66. The molecule has 0 saturated heterocycles. The third-order valence-electron chi connectivity index (χ3n) is 4.66. The van der Waals surface area contributed by atoms with Crippen LogP contribution in [0.5, 0.6) is 0 Å². The van der Waals surface area contributed by atoms with Crippen molar-refractivity contribution in [1.82, 2.24) is 5.43 Å². The number of amides is 2. The number of hydrogen-bond donors (Lipinski definition) is 1. The van der Waals surface area contributed by atoms with Crippen molar-refractivity contribution in [3.63, 3.8) is 0 Å². The average Bonchev–Trinajstić information content (AvgIpc) is 2.80. The smallest absolute Gasteiger partial charge is 0.240 e. The first kappa shape index (κ1) is 21.8. The van der Waals surface area contributed by atoms with E-state index in [1.165, 1.54) is 0 Å². The maximum absolute atomic E-state index is 12.9. The van der Waals surface area contributed by atoms with Gasteiger partial charge in [0, 0.05) is 44.0 Å². The van der Waals surface area contributed by atoms with Gasteiger partial charge >= 0.3 is 0 Å². The molecule has 3 aromatic rings. The minimum atomic E-state index is -0.310. The number of para-hydroxylation sites is 2. The van der Waals surface area contributed by atoms with Gasteiger partial charge in [-0.2, -0.15) is 5.10 Å². The molecule has 0 unspecified atom stereocenters. The second-order valence-corrected chi connectivity index (χ2v) is 7.18. The van der Waals surface area contributed by atoms with Crippen molar-refractivity contribution in [2.24, 2.45) is 5.10 Å². The Balaban J connectivity index is 1.57. The van der Waals surface area contributed by atoms with E-state index >= 15 is 0 Å². The van der Waals surface area contributed by atoms with Gasteiger partial charge in [-0.1, -0.05) is 48.5 Å². The number of nitrogens with one attached hydrogen (secondary N) is 1. The molecule has 2 amide bonds. The molecule has 1 N–H and O–H groups in total. The Bertz CT molecular complexity index is 977.